The van der Waals surface area contributed by atoms with Gasteiger partial charge in [-0.2, -0.15) is 0 Å². The molecule has 0 atom stereocenters. The molecule has 1 heterocycles. The molecule has 0 bridgehead atoms. The Balaban J connectivity index is 3.39. The Morgan fingerprint density at radius 1 is 1.12 bits per heavy atom. The van der Waals surface area contributed by atoms with Crippen LogP contribution in [0.5, 0.6) is 0 Å². The summed E-state index contributed by atoms with van der Waals surface area (Å²) in [6.45, 7) is 13.0. The van der Waals surface area contributed by atoms with Crippen LogP contribution < -0.4 is 10.7 Å². The van der Waals surface area contributed by atoms with Crippen LogP contribution in [0.3, 0.4) is 0 Å². The number of hydrogen-bond acceptors (Lipinski definition) is 2. The van der Waals surface area contributed by atoms with Gasteiger partial charge in [-0.25, -0.2) is 0 Å². The molecule has 0 unspecified atom stereocenters. The third-order valence-electron chi connectivity index (χ3n) is 3.58. The van der Waals surface area contributed by atoms with Crippen molar-refractivity contribution in [1.82, 2.24) is 10.3 Å². The van der Waals surface area contributed by atoms with Crippen molar-refractivity contribution in [3.63, 3.8) is 0 Å². The first-order valence-corrected chi connectivity index (χ1v) is 8.39. The Labute approximate surface area is 155 Å². The summed E-state index contributed by atoms with van der Waals surface area (Å²) in [5.74, 6) is -0.449. The van der Waals surface area contributed by atoms with Crippen molar-refractivity contribution in [3.05, 3.63) is 107 Å². The van der Waals surface area contributed by atoms with Crippen LogP contribution in [0.4, 0.5) is 0 Å². The largest absolute Gasteiger partial charge is 0.364 e. The molecule has 2 N–H and O–H groups in total. The monoisotopic (exact) mass is 350 g/mol. The van der Waals surface area contributed by atoms with Gasteiger partial charge < -0.3 is 10.3 Å². The molecular formula is C22H26N2O2. The summed E-state index contributed by atoms with van der Waals surface area (Å²) in [5, 5.41) is 2.94. The third kappa shape index (κ3) is 5.74. The van der Waals surface area contributed by atoms with E-state index in [-0.39, 0.29) is 11.0 Å². The van der Waals surface area contributed by atoms with E-state index in [2.05, 4.69) is 23.5 Å². The first-order chi connectivity index (χ1) is 12.5. The van der Waals surface area contributed by atoms with Crippen molar-refractivity contribution in [2.75, 3.05) is 0 Å². The van der Waals surface area contributed by atoms with Gasteiger partial charge in [-0.15, -0.1) is 0 Å². The number of amides is 1. The highest BCUT2D eigenvalue weighted by Gasteiger charge is 2.20. The van der Waals surface area contributed by atoms with Gasteiger partial charge in [0.2, 0.25) is 0 Å². The summed E-state index contributed by atoms with van der Waals surface area (Å²) in [4.78, 5) is 27.8. The van der Waals surface area contributed by atoms with Crippen LogP contribution >= 0.6 is 0 Å². The molecule has 0 saturated carbocycles. The Bertz CT molecular complexity index is 802. The van der Waals surface area contributed by atoms with E-state index in [9.17, 15) is 9.59 Å². The summed E-state index contributed by atoms with van der Waals surface area (Å²) in [6.07, 6.45) is 16.0. The molecule has 1 rings (SSSR count). The van der Waals surface area contributed by atoms with Gasteiger partial charge in [-0.05, 0) is 31.9 Å². The zero-order valence-corrected chi connectivity index (χ0v) is 15.6. The number of aromatic amines is 1. The molecule has 0 aliphatic heterocycles. The number of aromatic nitrogens is 1. The zero-order valence-electron chi connectivity index (χ0n) is 15.6. The van der Waals surface area contributed by atoms with Gasteiger partial charge in [-0.3, -0.25) is 9.59 Å². The van der Waals surface area contributed by atoms with Gasteiger partial charge in [0.25, 0.3) is 5.91 Å². The lowest BCUT2D eigenvalue weighted by Crippen LogP contribution is -2.39. The second-order valence-electron chi connectivity index (χ2n) is 5.61. The second-order valence-corrected chi connectivity index (χ2v) is 5.61. The SMILES string of the molecule is C=C/C=C(\C=C/C)C(NC(=O)c1c[nH]c(C)cc1=O)C(/C=C\C)=C/C=C. The van der Waals surface area contributed by atoms with Crippen LogP contribution in [0.25, 0.3) is 0 Å². The van der Waals surface area contributed by atoms with E-state index < -0.39 is 11.9 Å². The van der Waals surface area contributed by atoms with Crippen LogP contribution in [0, 0.1) is 6.92 Å². The minimum absolute atomic E-state index is 0.0671. The van der Waals surface area contributed by atoms with Crippen molar-refractivity contribution in [3.8, 4) is 0 Å². The molecule has 4 heteroatoms. The fourth-order valence-corrected chi connectivity index (χ4v) is 2.47. The van der Waals surface area contributed by atoms with Crippen LogP contribution in [0.15, 0.2) is 90.0 Å². The van der Waals surface area contributed by atoms with Crippen molar-refractivity contribution in [1.29, 1.82) is 0 Å². The molecule has 1 aromatic rings. The summed E-state index contributed by atoms with van der Waals surface area (Å²) in [7, 11) is 0. The van der Waals surface area contributed by atoms with Crippen LogP contribution in [-0.4, -0.2) is 16.9 Å². The molecule has 0 aliphatic rings. The van der Waals surface area contributed by atoms with E-state index in [0.717, 1.165) is 11.1 Å². The number of aryl methyl sites for hydroxylation is 1. The minimum Gasteiger partial charge on any atom is -0.364 e. The lowest BCUT2D eigenvalue weighted by atomic mass is 9.96. The molecule has 0 aromatic carbocycles. The molecule has 1 amide bonds. The highest BCUT2D eigenvalue weighted by molar-refractivity contribution is 5.94. The molecule has 1 aromatic heterocycles. The van der Waals surface area contributed by atoms with Gasteiger partial charge >= 0.3 is 0 Å². The molecule has 26 heavy (non-hydrogen) atoms. The first kappa shape index (κ1) is 20.9. The topological polar surface area (TPSA) is 62.0 Å². The number of nitrogens with one attached hydrogen (secondary N) is 2. The van der Waals surface area contributed by atoms with Crippen molar-refractivity contribution < 1.29 is 4.79 Å². The van der Waals surface area contributed by atoms with Crippen LogP contribution in [0.2, 0.25) is 0 Å². The Morgan fingerprint density at radius 2 is 1.65 bits per heavy atom. The predicted octanol–water partition coefficient (Wildman–Crippen LogP) is 4.16. The standard InChI is InChI=1S/C22H26N2O2/c1-6-10-17(11-7-2)21(18(12-8-3)13-9-4)24-22(26)19-15-23-16(5)14-20(19)25/h6-15,21H,1,3H2,2,4-5H3,(H,23,25)(H,24,26)/b11-7-,13-9-,17-10+,18-12+. The molecule has 0 saturated heterocycles. The van der Waals surface area contributed by atoms with E-state index >= 15 is 0 Å². The fourth-order valence-electron chi connectivity index (χ4n) is 2.47. The number of carbonyl (C=O) groups is 1. The Kier molecular flexibility index (Phi) is 8.58. The van der Waals surface area contributed by atoms with E-state index in [1.54, 1.807) is 19.1 Å². The maximum atomic E-state index is 12.7. The molecule has 0 radical (unpaired) electrons. The average Bonchev–Trinajstić information content (AvgIpc) is 2.59. The van der Waals surface area contributed by atoms with E-state index in [4.69, 9.17) is 0 Å². The van der Waals surface area contributed by atoms with Gasteiger partial charge in [0.05, 0.1) is 6.04 Å². The molecule has 0 spiro atoms. The number of H-pyrrole nitrogens is 1. The molecule has 4 nitrogen and oxygen atoms in total. The lowest BCUT2D eigenvalue weighted by molar-refractivity contribution is 0.0946. The number of rotatable bonds is 8. The number of carbonyl (C=O) groups excluding carboxylic acids is 1. The van der Waals surface area contributed by atoms with Crippen molar-refractivity contribution in [2.24, 2.45) is 0 Å². The van der Waals surface area contributed by atoms with Crippen molar-refractivity contribution >= 4 is 5.91 Å². The van der Waals surface area contributed by atoms with Crippen LogP contribution in [-0.2, 0) is 0 Å². The number of hydrogen-bond donors (Lipinski definition) is 2. The van der Waals surface area contributed by atoms with Gasteiger partial charge in [-0.1, -0.05) is 61.8 Å². The van der Waals surface area contributed by atoms with Crippen molar-refractivity contribution in [2.45, 2.75) is 26.8 Å². The summed E-state index contributed by atoms with van der Waals surface area (Å²) in [5.41, 5.74) is 2.12. The highest BCUT2D eigenvalue weighted by atomic mass is 16.2. The van der Waals surface area contributed by atoms with E-state index in [1.165, 1.54) is 12.3 Å². The average molecular weight is 350 g/mol. The predicted molar refractivity (Wildman–Crippen MR) is 109 cm³/mol. The Hall–Kier alpha value is -3.14. The maximum absolute atomic E-state index is 12.7. The third-order valence-corrected chi connectivity index (χ3v) is 3.58. The highest BCUT2D eigenvalue weighted by Crippen LogP contribution is 2.17. The number of allylic oxidation sites excluding steroid dienone is 6. The molecule has 0 aliphatic carbocycles. The molecular weight excluding hydrogens is 324 g/mol. The Morgan fingerprint density at radius 3 is 2.08 bits per heavy atom. The minimum atomic E-state index is -0.452. The fraction of sp³-hybridized carbons (Fsp3) is 0.182. The second kappa shape index (κ2) is 10.7. The van der Waals surface area contributed by atoms with Gasteiger partial charge in [0.1, 0.15) is 5.56 Å². The maximum Gasteiger partial charge on any atom is 0.257 e. The van der Waals surface area contributed by atoms with Gasteiger partial charge in [0, 0.05) is 18.0 Å². The molecule has 136 valence electrons. The quantitative estimate of drug-likeness (QED) is 0.692. The smallest absolute Gasteiger partial charge is 0.257 e. The first-order valence-electron chi connectivity index (χ1n) is 8.39. The van der Waals surface area contributed by atoms with E-state index in [1.807, 2.05) is 50.3 Å². The molecule has 0 fully saturated rings. The summed E-state index contributed by atoms with van der Waals surface area (Å²) in [6, 6.07) is 0.953. The summed E-state index contributed by atoms with van der Waals surface area (Å²) < 4.78 is 0. The normalized spacial score (nSPS) is 13.8. The lowest BCUT2D eigenvalue weighted by Gasteiger charge is -2.21. The summed E-state index contributed by atoms with van der Waals surface area (Å²) >= 11 is 0. The van der Waals surface area contributed by atoms with Gasteiger partial charge in [0.15, 0.2) is 5.43 Å². The zero-order chi connectivity index (χ0) is 19.5. The van der Waals surface area contributed by atoms with Crippen LogP contribution in [0.1, 0.15) is 29.9 Å². The van der Waals surface area contributed by atoms with E-state index in [0.29, 0.717) is 5.69 Å². The number of pyridine rings is 1.